The fourth-order valence-corrected chi connectivity index (χ4v) is 4.65. The summed E-state index contributed by atoms with van der Waals surface area (Å²) in [7, 11) is 1.66. The van der Waals surface area contributed by atoms with Gasteiger partial charge in [-0.25, -0.2) is 4.98 Å². The summed E-state index contributed by atoms with van der Waals surface area (Å²) in [6, 6.07) is 13.4. The van der Waals surface area contributed by atoms with E-state index in [0.717, 1.165) is 36.5 Å². The molecule has 170 valence electrons. The lowest BCUT2D eigenvalue weighted by molar-refractivity contribution is 0.0784. The van der Waals surface area contributed by atoms with Crippen LogP contribution in [0, 0.1) is 0 Å². The molecule has 8 nitrogen and oxygen atoms in total. The Kier molecular flexibility index (Phi) is 5.92. The second-order valence-electron chi connectivity index (χ2n) is 8.64. The second-order valence-corrected chi connectivity index (χ2v) is 8.64. The van der Waals surface area contributed by atoms with Gasteiger partial charge in [-0.3, -0.25) is 19.5 Å². The van der Waals surface area contributed by atoms with Crippen LogP contribution in [0.3, 0.4) is 0 Å². The quantitative estimate of drug-likeness (QED) is 0.648. The van der Waals surface area contributed by atoms with E-state index in [9.17, 15) is 9.59 Å². The molecule has 1 saturated heterocycles. The summed E-state index contributed by atoms with van der Waals surface area (Å²) < 4.78 is 5.24. The molecule has 4 heterocycles. The number of nitrogens with zero attached hydrogens (tertiary/aromatic N) is 4. The number of pyridine rings is 1. The molecule has 2 aromatic heterocycles. The Hall–Kier alpha value is -3.52. The van der Waals surface area contributed by atoms with Gasteiger partial charge in [-0.15, -0.1) is 0 Å². The third-order valence-electron chi connectivity index (χ3n) is 6.48. The Morgan fingerprint density at radius 3 is 2.79 bits per heavy atom. The average molecular weight is 446 g/mol. The molecule has 1 aromatic carbocycles. The van der Waals surface area contributed by atoms with Crippen LogP contribution in [0.5, 0.6) is 5.75 Å². The maximum atomic E-state index is 12.8. The minimum absolute atomic E-state index is 0.0210. The number of hydrogen-bond donors (Lipinski definition) is 1. The number of carbonyl (C=O) groups excluding carboxylic acids is 1. The maximum Gasteiger partial charge on any atom is 0.272 e. The molecule has 0 unspecified atom stereocenters. The molecular formula is C25H27N5O3. The molecule has 0 spiro atoms. The van der Waals surface area contributed by atoms with Crippen LogP contribution in [0.4, 0.5) is 0 Å². The summed E-state index contributed by atoms with van der Waals surface area (Å²) in [5.74, 6) is 1.46. The van der Waals surface area contributed by atoms with Crippen LogP contribution < -0.4 is 10.3 Å². The molecule has 1 N–H and O–H groups in total. The number of H-pyrrole nitrogens is 1. The monoisotopic (exact) mass is 445 g/mol. The molecule has 8 heteroatoms. The highest BCUT2D eigenvalue weighted by Gasteiger charge is 2.31. The Morgan fingerprint density at radius 1 is 1.18 bits per heavy atom. The largest absolute Gasteiger partial charge is 0.497 e. The Labute approximate surface area is 192 Å². The van der Waals surface area contributed by atoms with Crippen LogP contribution in [0.1, 0.15) is 45.5 Å². The molecule has 1 fully saturated rings. The van der Waals surface area contributed by atoms with Crippen molar-refractivity contribution in [2.24, 2.45) is 0 Å². The van der Waals surface area contributed by atoms with Crippen molar-refractivity contribution >= 4 is 5.91 Å². The maximum absolute atomic E-state index is 12.8. The third-order valence-corrected chi connectivity index (χ3v) is 6.48. The summed E-state index contributed by atoms with van der Waals surface area (Å²) in [4.78, 5) is 41.7. The van der Waals surface area contributed by atoms with Crippen molar-refractivity contribution in [3.05, 3.63) is 87.4 Å². The van der Waals surface area contributed by atoms with Crippen LogP contribution in [0.25, 0.3) is 0 Å². The number of amides is 1. The van der Waals surface area contributed by atoms with E-state index in [1.54, 1.807) is 30.3 Å². The van der Waals surface area contributed by atoms with E-state index in [4.69, 9.17) is 9.72 Å². The number of carbonyl (C=O) groups is 1. The Morgan fingerprint density at radius 2 is 2.03 bits per heavy atom. The first-order valence-corrected chi connectivity index (χ1v) is 11.3. The van der Waals surface area contributed by atoms with E-state index < -0.39 is 0 Å². The smallest absolute Gasteiger partial charge is 0.272 e. The van der Waals surface area contributed by atoms with E-state index in [2.05, 4.69) is 27.0 Å². The van der Waals surface area contributed by atoms with Crippen LogP contribution in [-0.2, 0) is 19.5 Å². The van der Waals surface area contributed by atoms with E-state index in [1.165, 1.54) is 5.56 Å². The summed E-state index contributed by atoms with van der Waals surface area (Å²) >= 11 is 0. The standard InChI is InChI=1S/C25H27N5O3/c1-33-19-7-5-17(6-8-19)14-29-12-10-20-22(16-29)27-23(28-24(20)31)18-9-13-30(15-18)25(32)21-4-2-3-11-26-21/h2-8,11,18H,9-10,12-16H2,1H3,(H,27,28,31)/t18-/m1/s1. The number of nitrogens with one attached hydrogen (secondary N) is 1. The van der Waals surface area contributed by atoms with Gasteiger partial charge in [0.05, 0.1) is 12.8 Å². The first kappa shape index (κ1) is 21.3. The van der Waals surface area contributed by atoms with Crippen LogP contribution in [0.2, 0.25) is 0 Å². The van der Waals surface area contributed by atoms with Gasteiger partial charge >= 0.3 is 0 Å². The van der Waals surface area contributed by atoms with Gasteiger partial charge in [-0.2, -0.15) is 0 Å². The van der Waals surface area contributed by atoms with Crippen molar-refractivity contribution in [2.45, 2.75) is 31.8 Å². The number of ether oxygens (including phenoxy) is 1. The van der Waals surface area contributed by atoms with Gasteiger partial charge in [0, 0.05) is 50.4 Å². The van der Waals surface area contributed by atoms with Crippen molar-refractivity contribution in [3.8, 4) is 5.75 Å². The average Bonchev–Trinajstić information content (AvgIpc) is 3.35. The van der Waals surface area contributed by atoms with Gasteiger partial charge in [0.2, 0.25) is 0 Å². The van der Waals surface area contributed by atoms with Gasteiger partial charge in [-0.05, 0) is 42.7 Å². The number of hydrogen-bond acceptors (Lipinski definition) is 6. The zero-order valence-electron chi connectivity index (χ0n) is 18.7. The van der Waals surface area contributed by atoms with Gasteiger partial charge in [0.1, 0.15) is 17.3 Å². The van der Waals surface area contributed by atoms with Crippen LogP contribution in [0.15, 0.2) is 53.5 Å². The van der Waals surface area contributed by atoms with E-state index in [-0.39, 0.29) is 17.4 Å². The fraction of sp³-hybridized carbons (Fsp3) is 0.360. The molecule has 5 rings (SSSR count). The highest BCUT2D eigenvalue weighted by atomic mass is 16.5. The van der Waals surface area contributed by atoms with Crippen molar-refractivity contribution in [2.75, 3.05) is 26.7 Å². The fourth-order valence-electron chi connectivity index (χ4n) is 4.65. The zero-order chi connectivity index (χ0) is 22.8. The summed E-state index contributed by atoms with van der Waals surface area (Å²) in [5, 5.41) is 0. The summed E-state index contributed by atoms with van der Waals surface area (Å²) in [5.41, 5.74) is 3.23. The minimum atomic E-state index is -0.0796. The number of methoxy groups -OCH3 is 1. The second kappa shape index (κ2) is 9.15. The zero-order valence-corrected chi connectivity index (χ0v) is 18.7. The van der Waals surface area contributed by atoms with Crippen LogP contribution >= 0.6 is 0 Å². The number of aromatic amines is 1. The van der Waals surface area contributed by atoms with E-state index in [0.29, 0.717) is 37.6 Å². The number of benzene rings is 1. The number of fused-ring (bicyclic) bond motifs is 1. The summed E-state index contributed by atoms with van der Waals surface area (Å²) in [6.07, 6.45) is 3.08. The molecule has 0 saturated carbocycles. The van der Waals surface area contributed by atoms with E-state index in [1.807, 2.05) is 18.2 Å². The molecule has 1 atom stereocenters. The SMILES string of the molecule is COc1ccc(CN2CCc3c(nc([C@@H]4CCN(C(=O)c5ccccn5)C4)[nH]c3=O)C2)cc1. The molecule has 3 aromatic rings. The molecule has 0 aliphatic carbocycles. The third kappa shape index (κ3) is 4.52. The Bertz CT molecular complexity index is 1190. The normalized spacial score (nSPS) is 18.2. The number of likely N-dealkylation sites (tertiary alicyclic amines) is 1. The van der Waals surface area contributed by atoms with Crippen molar-refractivity contribution in [3.63, 3.8) is 0 Å². The topological polar surface area (TPSA) is 91.4 Å². The van der Waals surface area contributed by atoms with E-state index >= 15 is 0 Å². The van der Waals surface area contributed by atoms with Gasteiger partial charge in [0.25, 0.3) is 11.5 Å². The van der Waals surface area contributed by atoms with Crippen molar-refractivity contribution < 1.29 is 9.53 Å². The molecular weight excluding hydrogens is 418 g/mol. The lowest BCUT2D eigenvalue weighted by Gasteiger charge is -2.28. The highest BCUT2D eigenvalue weighted by molar-refractivity contribution is 5.92. The lowest BCUT2D eigenvalue weighted by atomic mass is 10.0. The predicted molar refractivity (Wildman–Crippen MR) is 123 cm³/mol. The predicted octanol–water partition coefficient (Wildman–Crippen LogP) is 2.36. The van der Waals surface area contributed by atoms with Gasteiger partial charge in [0.15, 0.2) is 0 Å². The highest BCUT2D eigenvalue weighted by Crippen LogP contribution is 2.27. The first-order chi connectivity index (χ1) is 16.1. The molecule has 0 bridgehead atoms. The Balaban J connectivity index is 1.29. The molecule has 33 heavy (non-hydrogen) atoms. The van der Waals surface area contributed by atoms with Crippen LogP contribution in [-0.4, -0.2) is 57.4 Å². The molecule has 2 aliphatic rings. The van der Waals surface area contributed by atoms with Gasteiger partial charge < -0.3 is 14.6 Å². The van der Waals surface area contributed by atoms with Crippen molar-refractivity contribution in [1.29, 1.82) is 0 Å². The lowest BCUT2D eigenvalue weighted by Crippen LogP contribution is -2.36. The summed E-state index contributed by atoms with van der Waals surface area (Å²) in [6.45, 7) is 3.42. The molecule has 0 radical (unpaired) electrons. The minimum Gasteiger partial charge on any atom is -0.497 e. The van der Waals surface area contributed by atoms with Crippen molar-refractivity contribution in [1.82, 2.24) is 24.8 Å². The molecule has 1 amide bonds. The number of aromatic nitrogens is 3. The molecule has 2 aliphatic heterocycles. The number of rotatable bonds is 5. The first-order valence-electron chi connectivity index (χ1n) is 11.3. The van der Waals surface area contributed by atoms with Gasteiger partial charge in [-0.1, -0.05) is 18.2 Å².